The Morgan fingerprint density at radius 2 is 1.36 bits per heavy atom. The second-order valence-corrected chi connectivity index (χ2v) is 9.36. The molecule has 0 bridgehead atoms. The monoisotopic (exact) mass is 547 g/mol. The average Bonchev–Trinajstić information content (AvgIpc) is 3.43. The van der Waals surface area contributed by atoms with E-state index in [0.717, 1.165) is 12.0 Å². The van der Waals surface area contributed by atoms with E-state index in [-0.39, 0.29) is 30.3 Å². The van der Waals surface area contributed by atoms with E-state index in [4.69, 9.17) is 23.7 Å². The van der Waals surface area contributed by atoms with Gasteiger partial charge < -0.3 is 29.0 Å². The zero-order valence-corrected chi connectivity index (χ0v) is 23.9. The SMILES string of the molecule is CCc1cnn(C(C)c2ccc(C(=O)NCCOCCOCCOCCOCCOCC(=O)C(C)C)cc2)c1. The van der Waals surface area contributed by atoms with Crippen molar-refractivity contribution in [2.24, 2.45) is 5.92 Å². The van der Waals surface area contributed by atoms with Crippen molar-refractivity contribution in [1.29, 1.82) is 0 Å². The summed E-state index contributed by atoms with van der Waals surface area (Å²) in [6.45, 7) is 12.5. The molecule has 218 valence electrons. The first-order valence-electron chi connectivity index (χ1n) is 13.7. The molecule has 1 unspecified atom stereocenters. The minimum atomic E-state index is -0.128. The van der Waals surface area contributed by atoms with Gasteiger partial charge in [-0.05, 0) is 36.6 Å². The Hall–Kier alpha value is -2.63. The van der Waals surface area contributed by atoms with Crippen molar-refractivity contribution >= 4 is 11.7 Å². The molecule has 10 heteroatoms. The lowest BCUT2D eigenvalue weighted by molar-refractivity contribution is -0.127. The first kappa shape index (κ1) is 32.6. The van der Waals surface area contributed by atoms with Crippen LogP contribution in [-0.4, -0.2) is 94.1 Å². The number of rotatable bonds is 22. The van der Waals surface area contributed by atoms with Gasteiger partial charge in [0.2, 0.25) is 0 Å². The highest BCUT2D eigenvalue weighted by Gasteiger charge is 2.11. The van der Waals surface area contributed by atoms with Crippen LogP contribution in [0.4, 0.5) is 0 Å². The normalized spacial score (nSPS) is 12.1. The summed E-state index contributed by atoms with van der Waals surface area (Å²) in [5.74, 6) is -0.0417. The van der Waals surface area contributed by atoms with Gasteiger partial charge in [0.05, 0.1) is 71.7 Å². The molecule has 0 radical (unpaired) electrons. The predicted octanol–water partition coefficient (Wildman–Crippen LogP) is 3.09. The van der Waals surface area contributed by atoms with Crippen molar-refractivity contribution < 1.29 is 33.3 Å². The highest BCUT2D eigenvalue weighted by Crippen LogP contribution is 2.18. The predicted molar refractivity (Wildman–Crippen MR) is 148 cm³/mol. The molecule has 0 spiro atoms. The number of aryl methyl sites for hydroxylation is 1. The molecular formula is C29H45N3O7. The van der Waals surface area contributed by atoms with E-state index < -0.39 is 0 Å². The van der Waals surface area contributed by atoms with Gasteiger partial charge in [0, 0.05) is 24.2 Å². The van der Waals surface area contributed by atoms with Gasteiger partial charge in [0.1, 0.15) is 6.61 Å². The Morgan fingerprint density at radius 3 is 1.87 bits per heavy atom. The molecule has 0 aliphatic rings. The molecule has 2 rings (SSSR count). The molecule has 0 saturated carbocycles. The summed E-state index contributed by atoms with van der Waals surface area (Å²) in [6.07, 6.45) is 4.90. The average molecular weight is 548 g/mol. The highest BCUT2D eigenvalue weighted by atomic mass is 16.6. The molecule has 1 atom stereocenters. The number of benzene rings is 1. The number of hydrogen-bond donors (Lipinski definition) is 1. The van der Waals surface area contributed by atoms with Crippen LogP contribution in [0.25, 0.3) is 0 Å². The lowest BCUT2D eigenvalue weighted by Gasteiger charge is -2.13. The van der Waals surface area contributed by atoms with Crippen LogP contribution in [0.3, 0.4) is 0 Å². The standard InChI is InChI=1S/C29H45N3O7/c1-5-25-20-31-32(21-25)24(4)26-6-8-27(9-7-26)29(34)30-10-11-35-12-13-36-14-15-37-16-17-38-18-19-39-22-28(33)23(2)3/h6-9,20-21,23-24H,5,10-19,22H2,1-4H3,(H,30,34). The van der Waals surface area contributed by atoms with Gasteiger partial charge in [-0.1, -0.05) is 32.9 Å². The first-order valence-corrected chi connectivity index (χ1v) is 13.7. The Labute approximate surface area is 232 Å². The Bertz CT molecular complexity index is 947. The van der Waals surface area contributed by atoms with Crippen LogP contribution >= 0.6 is 0 Å². The van der Waals surface area contributed by atoms with Gasteiger partial charge in [-0.25, -0.2) is 0 Å². The fraction of sp³-hybridized carbons (Fsp3) is 0.621. The quantitative estimate of drug-likeness (QED) is 0.224. The Morgan fingerprint density at radius 1 is 0.821 bits per heavy atom. The van der Waals surface area contributed by atoms with Crippen molar-refractivity contribution in [1.82, 2.24) is 15.1 Å². The molecule has 10 nitrogen and oxygen atoms in total. The summed E-state index contributed by atoms with van der Waals surface area (Å²) in [5.41, 5.74) is 2.91. The van der Waals surface area contributed by atoms with Crippen molar-refractivity contribution in [2.75, 3.05) is 72.6 Å². The molecule has 2 aromatic rings. The summed E-state index contributed by atoms with van der Waals surface area (Å²) in [4.78, 5) is 23.8. The molecular weight excluding hydrogens is 502 g/mol. The molecule has 1 heterocycles. The van der Waals surface area contributed by atoms with Crippen LogP contribution in [0, 0.1) is 5.92 Å². The number of carbonyl (C=O) groups excluding carboxylic acids is 2. The van der Waals surface area contributed by atoms with E-state index in [0.29, 0.717) is 71.6 Å². The van der Waals surface area contributed by atoms with E-state index in [2.05, 4.69) is 30.5 Å². The molecule has 1 aromatic carbocycles. The summed E-state index contributed by atoms with van der Waals surface area (Å²) in [6, 6.07) is 7.70. The minimum absolute atomic E-state index is 0.00615. The number of ether oxygens (including phenoxy) is 5. The number of Topliss-reactive ketones (excluding diaryl/α,β-unsaturated/α-hetero) is 1. The summed E-state index contributed by atoms with van der Waals surface area (Å²) in [7, 11) is 0. The number of amides is 1. The van der Waals surface area contributed by atoms with Crippen LogP contribution < -0.4 is 5.32 Å². The first-order chi connectivity index (χ1) is 18.9. The molecule has 1 N–H and O–H groups in total. The van der Waals surface area contributed by atoms with Gasteiger partial charge >= 0.3 is 0 Å². The lowest BCUT2D eigenvalue weighted by Crippen LogP contribution is -2.27. The number of carbonyl (C=O) groups is 2. The second kappa shape index (κ2) is 19.4. The van der Waals surface area contributed by atoms with E-state index in [1.165, 1.54) is 5.56 Å². The zero-order chi connectivity index (χ0) is 28.3. The van der Waals surface area contributed by atoms with E-state index in [9.17, 15) is 9.59 Å². The number of aromatic nitrogens is 2. The Balaban J connectivity index is 1.40. The van der Waals surface area contributed by atoms with Crippen molar-refractivity contribution in [3.8, 4) is 0 Å². The number of hydrogen-bond acceptors (Lipinski definition) is 8. The highest BCUT2D eigenvalue weighted by molar-refractivity contribution is 5.94. The number of ketones is 1. The second-order valence-electron chi connectivity index (χ2n) is 9.36. The molecule has 39 heavy (non-hydrogen) atoms. The van der Waals surface area contributed by atoms with Gasteiger partial charge in [-0.2, -0.15) is 5.10 Å². The van der Waals surface area contributed by atoms with Crippen molar-refractivity contribution in [2.45, 2.75) is 40.2 Å². The Kier molecular flexibility index (Phi) is 16.2. The van der Waals surface area contributed by atoms with E-state index >= 15 is 0 Å². The van der Waals surface area contributed by atoms with Crippen molar-refractivity contribution in [3.05, 3.63) is 53.3 Å². The molecule has 1 aromatic heterocycles. The third-order valence-corrected chi connectivity index (χ3v) is 6.02. The third kappa shape index (κ3) is 13.3. The molecule has 0 fully saturated rings. The van der Waals surface area contributed by atoms with Crippen LogP contribution in [0.1, 0.15) is 55.2 Å². The molecule has 0 aliphatic carbocycles. The fourth-order valence-electron chi connectivity index (χ4n) is 3.40. The topological polar surface area (TPSA) is 110 Å². The summed E-state index contributed by atoms with van der Waals surface area (Å²) < 4.78 is 29.0. The third-order valence-electron chi connectivity index (χ3n) is 6.02. The van der Waals surface area contributed by atoms with Gasteiger partial charge in [0.15, 0.2) is 5.78 Å². The van der Waals surface area contributed by atoms with Gasteiger partial charge in [-0.3, -0.25) is 14.3 Å². The molecule has 0 saturated heterocycles. The molecule has 0 aliphatic heterocycles. The maximum absolute atomic E-state index is 12.4. The van der Waals surface area contributed by atoms with Crippen LogP contribution in [0.2, 0.25) is 0 Å². The molecule has 1 amide bonds. The number of nitrogens with one attached hydrogen (secondary N) is 1. The zero-order valence-electron chi connectivity index (χ0n) is 23.9. The van der Waals surface area contributed by atoms with E-state index in [1.807, 2.05) is 49.0 Å². The van der Waals surface area contributed by atoms with Crippen LogP contribution in [-0.2, 0) is 34.9 Å². The largest absolute Gasteiger partial charge is 0.377 e. The van der Waals surface area contributed by atoms with Crippen LogP contribution in [0.15, 0.2) is 36.7 Å². The fourth-order valence-corrected chi connectivity index (χ4v) is 3.40. The smallest absolute Gasteiger partial charge is 0.251 e. The van der Waals surface area contributed by atoms with Gasteiger partial charge in [-0.15, -0.1) is 0 Å². The maximum Gasteiger partial charge on any atom is 0.251 e. The minimum Gasteiger partial charge on any atom is -0.377 e. The van der Waals surface area contributed by atoms with Crippen LogP contribution in [0.5, 0.6) is 0 Å². The summed E-state index contributed by atoms with van der Waals surface area (Å²) >= 11 is 0. The lowest BCUT2D eigenvalue weighted by atomic mass is 10.1. The maximum atomic E-state index is 12.4. The number of nitrogens with zero attached hydrogens (tertiary/aromatic N) is 2. The van der Waals surface area contributed by atoms with Crippen molar-refractivity contribution in [3.63, 3.8) is 0 Å². The summed E-state index contributed by atoms with van der Waals surface area (Å²) in [5, 5.41) is 7.30. The van der Waals surface area contributed by atoms with Gasteiger partial charge in [0.25, 0.3) is 5.91 Å². The van der Waals surface area contributed by atoms with E-state index in [1.54, 1.807) is 0 Å².